The fourth-order valence-corrected chi connectivity index (χ4v) is 2.51. The van der Waals surface area contributed by atoms with Crippen molar-refractivity contribution in [2.45, 2.75) is 32.8 Å². The highest BCUT2D eigenvalue weighted by Crippen LogP contribution is 2.19. The van der Waals surface area contributed by atoms with Gasteiger partial charge in [-0.1, -0.05) is 42.5 Å². The van der Waals surface area contributed by atoms with Crippen LogP contribution in [0, 0.1) is 5.92 Å². The maximum atomic E-state index is 12.4. The van der Waals surface area contributed by atoms with Gasteiger partial charge >= 0.3 is 5.97 Å². The summed E-state index contributed by atoms with van der Waals surface area (Å²) in [6, 6.07) is 17.9. The number of rotatable bonds is 7. The zero-order valence-electron chi connectivity index (χ0n) is 14.0. The predicted molar refractivity (Wildman–Crippen MR) is 91.6 cm³/mol. The second-order valence-corrected chi connectivity index (χ2v) is 5.92. The van der Waals surface area contributed by atoms with E-state index in [-0.39, 0.29) is 18.0 Å². The van der Waals surface area contributed by atoms with Crippen LogP contribution in [0.15, 0.2) is 54.6 Å². The molecule has 0 bridgehead atoms. The van der Waals surface area contributed by atoms with Gasteiger partial charge in [0, 0.05) is 0 Å². The molecule has 0 aliphatic rings. The summed E-state index contributed by atoms with van der Waals surface area (Å²) in [5.74, 6) is 0.492. The molecule has 3 nitrogen and oxygen atoms in total. The minimum Gasteiger partial charge on any atom is -0.497 e. The Morgan fingerprint density at radius 3 is 2.00 bits per heavy atom. The Balaban J connectivity index is 2.13. The van der Waals surface area contributed by atoms with Gasteiger partial charge in [-0.2, -0.15) is 0 Å². The van der Waals surface area contributed by atoms with Crippen molar-refractivity contribution in [2.24, 2.45) is 5.92 Å². The molecule has 0 unspecified atom stereocenters. The van der Waals surface area contributed by atoms with E-state index in [1.165, 1.54) is 0 Å². The second-order valence-electron chi connectivity index (χ2n) is 5.92. The maximum absolute atomic E-state index is 12.4. The quantitative estimate of drug-likeness (QED) is 0.724. The first kappa shape index (κ1) is 17.1. The molecule has 2 rings (SSSR count). The highest BCUT2D eigenvalue weighted by molar-refractivity contribution is 5.73. The van der Waals surface area contributed by atoms with Gasteiger partial charge in [0.25, 0.3) is 0 Å². The average molecular weight is 312 g/mol. The third-order valence-corrected chi connectivity index (χ3v) is 3.65. The van der Waals surface area contributed by atoms with E-state index in [0.717, 1.165) is 16.9 Å². The molecule has 1 atom stereocenters. The highest BCUT2D eigenvalue weighted by atomic mass is 16.5. The largest absolute Gasteiger partial charge is 0.497 e. The lowest BCUT2D eigenvalue weighted by Gasteiger charge is -2.18. The van der Waals surface area contributed by atoms with Crippen molar-refractivity contribution in [3.63, 3.8) is 0 Å². The number of esters is 1. The van der Waals surface area contributed by atoms with Crippen molar-refractivity contribution in [1.29, 1.82) is 0 Å². The molecule has 0 heterocycles. The van der Waals surface area contributed by atoms with Gasteiger partial charge in [0.15, 0.2) is 0 Å². The minimum absolute atomic E-state index is 0.100. The Bertz CT molecular complexity index is 603. The van der Waals surface area contributed by atoms with Gasteiger partial charge in [0.1, 0.15) is 5.75 Å². The summed E-state index contributed by atoms with van der Waals surface area (Å²) in [7, 11) is 1.65. The number of carbonyl (C=O) groups excluding carboxylic acids is 1. The molecule has 0 radical (unpaired) electrons. The SMILES string of the molecule is COc1ccc(C[C@H](Cc2ccccc2)C(=O)OC(C)C)cc1. The first-order chi connectivity index (χ1) is 11.1. The van der Waals surface area contributed by atoms with Crippen LogP contribution in [-0.2, 0) is 22.4 Å². The zero-order valence-corrected chi connectivity index (χ0v) is 14.0. The van der Waals surface area contributed by atoms with E-state index in [2.05, 4.69) is 0 Å². The molecular weight excluding hydrogens is 288 g/mol. The summed E-state index contributed by atoms with van der Waals surface area (Å²) in [5, 5.41) is 0. The summed E-state index contributed by atoms with van der Waals surface area (Å²) >= 11 is 0. The van der Waals surface area contributed by atoms with Crippen LogP contribution in [0.1, 0.15) is 25.0 Å². The van der Waals surface area contributed by atoms with E-state index in [1.54, 1.807) is 7.11 Å². The van der Waals surface area contributed by atoms with Crippen LogP contribution in [0.3, 0.4) is 0 Å². The highest BCUT2D eigenvalue weighted by Gasteiger charge is 2.22. The number of hydrogen-bond acceptors (Lipinski definition) is 3. The third-order valence-electron chi connectivity index (χ3n) is 3.65. The Morgan fingerprint density at radius 2 is 1.48 bits per heavy atom. The standard InChI is InChI=1S/C20H24O3/c1-15(2)23-20(21)18(13-16-7-5-4-6-8-16)14-17-9-11-19(22-3)12-10-17/h4-12,15,18H,13-14H2,1-3H3/t18-/m0/s1. The van der Waals surface area contributed by atoms with Crippen molar-refractivity contribution in [1.82, 2.24) is 0 Å². The van der Waals surface area contributed by atoms with Crippen molar-refractivity contribution in [3.8, 4) is 5.75 Å². The lowest BCUT2D eigenvalue weighted by molar-refractivity contribution is -0.152. The third kappa shape index (κ3) is 5.44. The van der Waals surface area contributed by atoms with Gasteiger partial charge in [-0.25, -0.2) is 0 Å². The van der Waals surface area contributed by atoms with Gasteiger partial charge in [0.2, 0.25) is 0 Å². The second kappa shape index (κ2) is 8.37. The van der Waals surface area contributed by atoms with Crippen LogP contribution in [0.2, 0.25) is 0 Å². The van der Waals surface area contributed by atoms with E-state index in [4.69, 9.17) is 9.47 Å². The number of carbonyl (C=O) groups is 1. The number of ether oxygens (including phenoxy) is 2. The predicted octanol–water partition coefficient (Wildman–Crippen LogP) is 4.05. The van der Waals surface area contributed by atoms with Crippen molar-refractivity contribution in [2.75, 3.05) is 7.11 Å². The fraction of sp³-hybridized carbons (Fsp3) is 0.350. The lowest BCUT2D eigenvalue weighted by atomic mass is 9.92. The molecule has 0 saturated heterocycles. The van der Waals surface area contributed by atoms with Gasteiger partial charge in [-0.15, -0.1) is 0 Å². The lowest BCUT2D eigenvalue weighted by Crippen LogP contribution is -2.25. The van der Waals surface area contributed by atoms with Crippen LogP contribution in [0.25, 0.3) is 0 Å². The number of benzene rings is 2. The molecule has 0 N–H and O–H groups in total. The Hall–Kier alpha value is -2.29. The van der Waals surface area contributed by atoms with Gasteiger partial charge < -0.3 is 9.47 Å². The molecular formula is C20H24O3. The average Bonchev–Trinajstić information content (AvgIpc) is 2.55. The van der Waals surface area contributed by atoms with Crippen molar-refractivity contribution >= 4 is 5.97 Å². The van der Waals surface area contributed by atoms with Gasteiger partial charge in [-0.3, -0.25) is 4.79 Å². The van der Waals surface area contributed by atoms with Crippen LogP contribution >= 0.6 is 0 Å². The normalized spacial score (nSPS) is 12.0. The van der Waals surface area contributed by atoms with Crippen molar-refractivity contribution in [3.05, 3.63) is 65.7 Å². The zero-order chi connectivity index (χ0) is 16.7. The van der Waals surface area contributed by atoms with E-state index in [1.807, 2.05) is 68.4 Å². The van der Waals surface area contributed by atoms with Gasteiger partial charge in [-0.05, 0) is 49.9 Å². The van der Waals surface area contributed by atoms with E-state index < -0.39 is 0 Å². The smallest absolute Gasteiger partial charge is 0.309 e. The van der Waals surface area contributed by atoms with Crippen molar-refractivity contribution < 1.29 is 14.3 Å². The molecule has 122 valence electrons. The number of hydrogen-bond donors (Lipinski definition) is 0. The molecule has 23 heavy (non-hydrogen) atoms. The molecule has 0 aliphatic carbocycles. The summed E-state index contributed by atoms with van der Waals surface area (Å²) in [4.78, 5) is 12.4. The first-order valence-corrected chi connectivity index (χ1v) is 7.96. The molecule has 0 aromatic heterocycles. The van der Waals surface area contributed by atoms with Gasteiger partial charge in [0.05, 0.1) is 19.1 Å². The summed E-state index contributed by atoms with van der Waals surface area (Å²) in [6.45, 7) is 3.76. The minimum atomic E-state index is -0.187. The monoisotopic (exact) mass is 312 g/mol. The van der Waals surface area contributed by atoms with E-state index in [0.29, 0.717) is 12.8 Å². The summed E-state index contributed by atoms with van der Waals surface area (Å²) < 4.78 is 10.6. The topological polar surface area (TPSA) is 35.5 Å². The Labute approximate surface area is 138 Å². The first-order valence-electron chi connectivity index (χ1n) is 7.96. The Kier molecular flexibility index (Phi) is 6.21. The van der Waals surface area contributed by atoms with Crippen LogP contribution < -0.4 is 4.74 Å². The van der Waals surface area contributed by atoms with Crippen LogP contribution in [0.5, 0.6) is 5.75 Å². The van der Waals surface area contributed by atoms with Crippen LogP contribution in [-0.4, -0.2) is 19.2 Å². The van der Waals surface area contributed by atoms with E-state index in [9.17, 15) is 4.79 Å². The molecule has 2 aromatic rings. The molecule has 0 saturated carbocycles. The molecule has 3 heteroatoms. The van der Waals surface area contributed by atoms with Crippen LogP contribution in [0.4, 0.5) is 0 Å². The summed E-state index contributed by atoms with van der Waals surface area (Å²) in [6.07, 6.45) is 1.24. The fourth-order valence-electron chi connectivity index (χ4n) is 2.51. The number of methoxy groups -OCH3 is 1. The molecule has 0 spiro atoms. The molecule has 0 fully saturated rings. The maximum Gasteiger partial charge on any atom is 0.309 e. The Morgan fingerprint density at radius 1 is 0.913 bits per heavy atom. The molecule has 2 aromatic carbocycles. The molecule has 0 amide bonds. The summed E-state index contributed by atoms with van der Waals surface area (Å²) in [5.41, 5.74) is 2.25. The molecule has 0 aliphatic heterocycles. The van der Waals surface area contributed by atoms with E-state index >= 15 is 0 Å².